The highest BCUT2D eigenvalue weighted by atomic mass is 19.1. The molecular weight excluding hydrogens is 317 g/mol. The third-order valence-corrected chi connectivity index (χ3v) is 4.70. The summed E-state index contributed by atoms with van der Waals surface area (Å²) in [4.78, 5) is 19.9. The smallest absolute Gasteiger partial charge is 0.229 e. The number of imidazole rings is 1. The van der Waals surface area contributed by atoms with E-state index in [1.54, 1.807) is 30.5 Å². The van der Waals surface area contributed by atoms with E-state index in [1.807, 2.05) is 35.9 Å². The molecule has 0 saturated carbocycles. The fraction of sp³-hybridized carbons (Fsp3) is 0.150. The van der Waals surface area contributed by atoms with Crippen molar-refractivity contribution in [2.45, 2.75) is 18.9 Å². The summed E-state index contributed by atoms with van der Waals surface area (Å²) in [6, 6.07) is 14.0. The monoisotopic (exact) mass is 333 g/mol. The molecule has 5 heteroatoms. The van der Waals surface area contributed by atoms with Gasteiger partial charge in [0.2, 0.25) is 5.95 Å². The third kappa shape index (κ3) is 2.48. The summed E-state index contributed by atoms with van der Waals surface area (Å²) in [5.74, 6) is 0.342. The van der Waals surface area contributed by atoms with Gasteiger partial charge in [0.25, 0.3) is 0 Å². The summed E-state index contributed by atoms with van der Waals surface area (Å²) < 4.78 is 16.5. The normalized spacial score (nSPS) is 19.2. The van der Waals surface area contributed by atoms with Crippen LogP contribution >= 0.6 is 0 Å². The molecular formula is C20H16FN3O. The molecule has 0 amide bonds. The minimum absolute atomic E-state index is 0.259. The molecule has 0 fully saturated rings. The van der Waals surface area contributed by atoms with Crippen LogP contribution in [-0.2, 0) is 12.0 Å². The second-order valence-corrected chi connectivity index (χ2v) is 6.37. The van der Waals surface area contributed by atoms with Gasteiger partial charge in [-0.25, -0.2) is 14.4 Å². The van der Waals surface area contributed by atoms with Gasteiger partial charge in [-0.3, -0.25) is 4.79 Å². The van der Waals surface area contributed by atoms with Crippen LogP contribution in [0, 0.1) is 5.82 Å². The Morgan fingerprint density at radius 1 is 1.16 bits per heavy atom. The maximum absolute atomic E-state index is 14.6. The number of benzene rings is 2. The standard InChI is InChI=1S/C20H16FN3O/c1-20(16-4-2-3-5-17(16)21)13-24-11-10-22-19(24)23-18(20)15-8-6-14(12-25)7-9-15/h2-12H,13H2,1H3. The van der Waals surface area contributed by atoms with Crippen molar-refractivity contribution >= 4 is 17.9 Å². The molecule has 3 aromatic rings. The summed E-state index contributed by atoms with van der Waals surface area (Å²) in [5, 5.41) is 0. The molecule has 1 unspecified atom stereocenters. The van der Waals surface area contributed by atoms with Gasteiger partial charge >= 0.3 is 0 Å². The van der Waals surface area contributed by atoms with Crippen molar-refractivity contribution in [2.75, 3.05) is 0 Å². The molecule has 124 valence electrons. The number of hydrogen-bond acceptors (Lipinski definition) is 3. The molecule has 4 nitrogen and oxygen atoms in total. The van der Waals surface area contributed by atoms with E-state index in [4.69, 9.17) is 4.99 Å². The van der Waals surface area contributed by atoms with Gasteiger partial charge in [0.05, 0.1) is 11.1 Å². The van der Waals surface area contributed by atoms with Gasteiger partial charge in [0.1, 0.15) is 12.1 Å². The van der Waals surface area contributed by atoms with Crippen LogP contribution in [0.3, 0.4) is 0 Å². The maximum atomic E-state index is 14.6. The van der Waals surface area contributed by atoms with Crippen molar-refractivity contribution in [3.8, 4) is 0 Å². The molecule has 2 aromatic carbocycles. The van der Waals surface area contributed by atoms with Gasteiger partial charge in [-0.05, 0) is 18.6 Å². The molecule has 1 aliphatic rings. The van der Waals surface area contributed by atoms with Crippen molar-refractivity contribution in [2.24, 2.45) is 4.99 Å². The number of aldehydes is 1. The van der Waals surface area contributed by atoms with Gasteiger partial charge < -0.3 is 4.57 Å². The van der Waals surface area contributed by atoms with Crippen LogP contribution in [0.4, 0.5) is 10.3 Å². The fourth-order valence-electron chi connectivity index (χ4n) is 3.40. The Kier molecular flexibility index (Phi) is 3.57. The summed E-state index contributed by atoms with van der Waals surface area (Å²) in [6.07, 6.45) is 4.35. The maximum Gasteiger partial charge on any atom is 0.229 e. The van der Waals surface area contributed by atoms with Crippen molar-refractivity contribution in [1.82, 2.24) is 9.55 Å². The third-order valence-electron chi connectivity index (χ3n) is 4.70. The first kappa shape index (κ1) is 15.4. The highest BCUT2D eigenvalue weighted by molar-refractivity contribution is 6.09. The molecule has 0 spiro atoms. The Balaban J connectivity index is 1.92. The van der Waals surface area contributed by atoms with Crippen LogP contribution in [0.2, 0.25) is 0 Å². The topological polar surface area (TPSA) is 47.2 Å². The minimum Gasteiger partial charge on any atom is -0.314 e. The lowest BCUT2D eigenvalue weighted by Crippen LogP contribution is -2.40. The molecule has 25 heavy (non-hydrogen) atoms. The first-order valence-electron chi connectivity index (χ1n) is 8.03. The highest BCUT2D eigenvalue weighted by Crippen LogP contribution is 2.37. The van der Waals surface area contributed by atoms with Gasteiger partial charge in [0.15, 0.2) is 0 Å². The molecule has 1 aromatic heterocycles. The molecule has 0 N–H and O–H groups in total. The molecule has 1 atom stereocenters. The first-order valence-corrected chi connectivity index (χ1v) is 8.03. The summed E-state index contributed by atoms with van der Waals surface area (Å²) in [6.45, 7) is 2.53. The first-order chi connectivity index (χ1) is 12.1. The Bertz CT molecular complexity index is 975. The number of nitrogens with zero attached hydrogens (tertiary/aromatic N) is 3. The quantitative estimate of drug-likeness (QED) is 0.682. The number of rotatable bonds is 3. The zero-order valence-electron chi connectivity index (χ0n) is 13.7. The molecule has 2 heterocycles. The number of aromatic nitrogens is 2. The minimum atomic E-state index is -0.651. The predicted molar refractivity (Wildman–Crippen MR) is 94.0 cm³/mol. The summed E-state index contributed by atoms with van der Waals surface area (Å²) in [5.41, 5.74) is 2.13. The van der Waals surface area contributed by atoms with E-state index in [0.29, 0.717) is 23.6 Å². The Hall–Kier alpha value is -3.08. The molecule has 0 aliphatic carbocycles. The van der Waals surface area contributed by atoms with Crippen LogP contribution < -0.4 is 0 Å². The molecule has 4 rings (SSSR count). The predicted octanol–water partition coefficient (Wildman–Crippen LogP) is 3.93. The average Bonchev–Trinajstić information content (AvgIpc) is 3.08. The van der Waals surface area contributed by atoms with Gasteiger partial charge in [-0.2, -0.15) is 0 Å². The summed E-state index contributed by atoms with van der Waals surface area (Å²) in [7, 11) is 0. The lowest BCUT2D eigenvalue weighted by Gasteiger charge is -2.35. The van der Waals surface area contributed by atoms with E-state index in [9.17, 15) is 9.18 Å². The van der Waals surface area contributed by atoms with Crippen molar-refractivity contribution in [3.63, 3.8) is 0 Å². The zero-order chi connectivity index (χ0) is 17.4. The van der Waals surface area contributed by atoms with Gasteiger partial charge in [-0.1, -0.05) is 42.5 Å². The van der Waals surface area contributed by atoms with Crippen LogP contribution in [0.1, 0.15) is 28.4 Å². The fourth-order valence-corrected chi connectivity index (χ4v) is 3.40. The van der Waals surface area contributed by atoms with Crippen LogP contribution in [0.15, 0.2) is 65.9 Å². The number of halogens is 1. The van der Waals surface area contributed by atoms with Crippen LogP contribution in [0.5, 0.6) is 0 Å². The number of hydrogen-bond donors (Lipinski definition) is 0. The number of carbonyl (C=O) groups is 1. The molecule has 1 aliphatic heterocycles. The number of fused-ring (bicyclic) bond motifs is 1. The van der Waals surface area contributed by atoms with E-state index in [1.165, 1.54) is 6.07 Å². The molecule has 0 bridgehead atoms. The average molecular weight is 333 g/mol. The van der Waals surface area contributed by atoms with Crippen LogP contribution in [0.25, 0.3) is 0 Å². The van der Waals surface area contributed by atoms with E-state index < -0.39 is 5.41 Å². The van der Waals surface area contributed by atoms with E-state index >= 15 is 0 Å². The van der Waals surface area contributed by atoms with Gasteiger partial charge in [0, 0.05) is 30.1 Å². The SMILES string of the molecule is CC1(c2ccccc2F)Cn2ccnc2N=C1c1ccc(C=O)cc1. The summed E-state index contributed by atoms with van der Waals surface area (Å²) >= 11 is 0. The second kappa shape index (κ2) is 5.77. The van der Waals surface area contributed by atoms with Gasteiger partial charge in [-0.15, -0.1) is 0 Å². The number of carbonyl (C=O) groups excluding carboxylic acids is 1. The molecule has 0 saturated heterocycles. The lowest BCUT2D eigenvalue weighted by molar-refractivity contribution is 0.112. The number of aliphatic imine (C=N–C) groups is 1. The lowest BCUT2D eigenvalue weighted by atomic mass is 9.74. The van der Waals surface area contributed by atoms with E-state index in [2.05, 4.69) is 4.98 Å². The zero-order valence-corrected chi connectivity index (χ0v) is 13.7. The second-order valence-electron chi connectivity index (χ2n) is 6.37. The van der Waals surface area contributed by atoms with Crippen molar-refractivity contribution in [3.05, 3.63) is 83.4 Å². The van der Waals surface area contributed by atoms with Crippen LogP contribution in [-0.4, -0.2) is 21.5 Å². The largest absolute Gasteiger partial charge is 0.314 e. The highest BCUT2D eigenvalue weighted by Gasteiger charge is 2.39. The van der Waals surface area contributed by atoms with Crippen molar-refractivity contribution in [1.29, 1.82) is 0 Å². The van der Waals surface area contributed by atoms with Crippen molar-refractivity contribution < 1.29 is 9.18 Å². The Labute approximate surface area is 144 Å². The Morgan fingerprint density at radius 2 is 1.92 bits per heavy atom. The van der Waals surface area contributed by atoms with E-state index in [-0.39, 0.29) is 5.82 Å². The van der Waals surface area contributed by atoms with E-state index in [0.717, 1.165) is 17.6 Å². The Morgan fingerprint density at radius 3 is 2.64 bits per heavy atom. The molecule has 0 radical (unpaired) electrons.